The number of carbonyl (C=O) groups is 1. The summed E-state index contributed by atoms with van der Waals surface area (Å²) in [6, 6.07) is 5.11. The van der Waals surface area contributed by atoms with Crippen molar-refractivity contribution in [3.63, 3.8) is 0 Å². The summed E-state index contributed by atoms with van der Waals surface area (Å²) in [6.45, 7) is 0.688. The van der Waals surface area contributed by atoms with Gasteiger partial charge in [-0.15, -0.1) is 0 Å². The van der Waals surface area contributed by atoms with Crippen molar-refractivity contribution < 1.29 is 9.53 Å². The Labute approximate surface area is 94.2 Å². The highest BCUT2D eigenvalue weighted by atomic mass is 35.5. The van der Waals surface area contributed by atoms with Crippen molar-refractivity contribution in [2.75, 3.05) is 6.61 Å². The Morgan fingerprint density at radius 1 is 1.47 bits per heavy atom. The molecule has 0 amide bonds. The standard InChI is InChI=1S/C12H13ClO2/c13-11-3-4-12(10(7-11)8-14)15-6-5-9-1-2-9/h3-4,7-9H,1-2,5-6H2. The van der Waals surface area contributed by atoms with Gasteiger partial charge in [-0.2, -0.15) is 0 Å². The van der Waals surface area contributed by atoms with Crippen molar-refractivity contribution in [1.82, 2.24) is 0 Å². The van der Waals surface area contributed by atoms with Gasteiger partial charge in [0.2, 0.25) is 0 Å². The third kappa shape index (κ3) is 2.96. The van der Waals surface area contributed by atoms with Crippen molar-refractivity contribution in [3.8, 4) is 5.75 Å². The maximum atomic E-state index is 10.8. The molecular formula is C12H13ClO2. The van der Waals surface area contributed by atoms with E-state index >= 15 is 0 Å². The van der Waals surface area contributed by atoms with Crippen LogP contribution in [0.5, 0.6) is 5.75 Å². The zero-order valence-corrected chi connectivity index (χ0v) is 9.17. The molecular weight excluding hydrogens is 212 g/mol. The van der Waals surface area contributed by atoms with Crippen LogP contribution in [0.25, 0.3) is 0 Å². The fourth-order valence-corrected chi connectivity index (χ4v) is 1.67. The van der Waals surface area contributed by atoms with E-state index in [4.69, 9.17) is 16.3 Å². The molecule has 1 aliphatic carbocycles. The monoisotopic (exact) mass is 224 g/mol. The normalized spacial score (nSPS) is 15.0. The fraction of sp³-hybridized carbons (Fsp3) is 0.417. The number of benzene rings is 1. The molecule has 0 aliphatic heterocycles. The summed E-state index contributed by atoms with van der Waals surface area (Å²) in [7, 11) is 0. The molecule has 15 heavy (non-hydrogen) atoms. The van der Waals surface area contributed by atoms with Crippen LogP contribution in [0.2, 0.25) is 5.02 Å². The molecule has 0 N–H and O–H groups in total. The Balaban J connectivity index is 1.95. The minimum absolute atomic E-state index is 0.526. The fourth-order valence-electron chi connectivity index (χ4n) is 1.48. The number of rotatable bonds is 5. The lowest BCUT2D eigenvalue weighted by atomic mass is 10.2. The summed E-state index contributed by atoms with van der Waals surface area (Å²) in [6.07, 6.45) is 4.51. The van der Waals surface area contributed by atoms with E-state index in [-0.39, 0.29) is 0 Å². The lowest BCUT2D eigenvalue weighted by molar-refractivity contribution is 0.111. The molecule has 2 nitrogen and oxygen atoms in total. The zero-order valence-electron chi connectivity index (χ0n) is 8.41. The van der Waals surface area contributed by atoms with E-state index in [1.807, 2.05) is 0 Å². The molecule has 80 valence electrons. The molecule has 0 spiro atoms. The van der Waals surface area contributed by atoms with Gasteiger partial charge in [0.15, 0.2) is 6.29 Å². The molecule has 3 heteroatoms. The van der Waals surface area contributed by atoms with Gasteiger partial charge in [-0.25, -0.2) is 0 Å². The number of aldehydes is 1. The second-order valence-electron chi connectivity index (χ2n) is 3.88. The third-order valence-electron chi connectivity index (χ3n) is 2.58. The van der Waals surface area contributed by atoms with Crippen LogP contribution in [0.4, 0.5) is 0 Å². The predicted molar refractivity (Wildman–Crippen MR) is 59.7 cm³/mol. The van der Waals surface area contributed by atoms with Crippen LogP contribution in [0, 0.1) is 5.92 Å². The maximum Gasteiger partial charge on any atom is 0.153 e. The van der Waals surface area contributed by atoms with E-state index in [2.05, 4.69) is 0 Å². The number of halogens is 1. The van der Waals surface area contributed by atoms with E-state index in [1.165, 1.54) is 12.8 Å². The number of ether oxygens (including phenoxy) is 1. The summed E-state index contributed by atoms with van der Waals surface area (Å²) in [5, 5.41) is 0.562. The van der Waals surface area contributed by atoms with Gasteiger partial charge in [0.25, 0.3) is 0 Å². The van der Waals surface area contributed by atoms with Crippen molar-refractivity contribution in [1.29, 1.82) is 0 Å². The second-order valence-corrected chi connectivity index (χ2v) is 4.32. The first kappa shape index (κ1) is 10.5. The van der Waals surface area contributed by atoms with Crippen molar-refractivity contribution >= 4 is 17.9 Å². The Hall–Kier alpha value is -1.02. The topological polar surface area (TPSA) is 26.3 Å². The average Bonchev–Trinajstić information content (AvgIpc) is 3.04. The van der Waals surface area contributed by atoms with E-state index in [0.717, 1.165) is 18.6 Å². The smallest absolute Gasteiger partial charge is 0.153 e. The van der Waals surface area contributed by atoms with E-state index in [9.17, 15) is 4.79 Å². The molecule has 1 aliphatic rings. The quantitative estimate of drug-likeness (QED) is 0.718. The van der Waals surface area contributed by atoms with Crippen molar-refractivity contribution in [2.45, 2.75) is 19.3 Å². The number of hydrogen-bond donors (Lipinski definition) is 0. The minimum Gasteiger partial charge on any atom is -0.493 e. The Morgan fingerprint density at radius 2 is 2.27 bits per heavy atom. The molecule has 0 unspecified atom stereocenters. The van der Waals surface area contributed by atoms with Crippen LogP contribution in [0.1, 0.15) is 29.6 Å². The van der Waals surface area contributed by atoms with Crippen LogP contribution < -0.4 is 4.74 Å². The van der Waals surface area contributed by atoms with Gasteiger partial charge < -0.3 is 4.74 Å². The lowest BCUT2D eigenvalue weighted by Gasteiger charge is -2.07. The van der Waals surface area contributed by atoms with Crippen molar-refractivity contribution in [2.24, 2.45) is 5.92 Å². The van der Waals surface area contributed by atoms with Crippen LogP contribution >= 0.6 is 11.6 Å². The molecule has 1 aromatic carbocycles. The summed E-state index contributed by atoms with van der Waals surface area (Å²) in [5.74, 6) is 1.48. The molecule has 2 rings (SSSR count). The highest BCUT2D eigenvalue weighted by molar-refractivity contribution is 6.30. The maximum absolute atomic E-state index is 10.8. The molecule has 0 radical (unpaired) electrons. The molecule has 1 fully saturated rings. The van der Waals surface area contributed by atoms with Crippen LogP contribution in [0.15, 0.2) is 18.2 Å². The largest absolute Gasteiger partial charge is 0.493 e. The van der Waals surface area contributed by atoms with Gasteiger partial charge in [0.1, 0.15) is 5.75 Å². The van der Waals surface area contributed by atoms with Gasteiger partial charge in [0.05, 0.1) is 12.2 Å². The molecule has 1 aromatic rings. The summed E-state index contributed by atoms with van der Waals surface area (Å²) in [5.41, 5.74) is 0.526. The Morgan fingerprint density at radius 3 is 2.93 bits per heavy atom. The van der Waals surface area contributed by atoms with Crippen molar-refractivity contribution in [3.05, 3.63) is 28.8 Å². The number of carbonyl (C=O) groups excluding carboxylic acids is 1. The second kappa shape index (κ2) is 4.67. The summed E-state index contributed by atoms with van der Waals surface area (Å²) < 4.78 is 5.54. The summed E-state index contributed by atoms with van der Waals surface area (Å²) >= 11 is 5.78. The molecule has 0 aromatic heterocycles. The van der Waals surface area contributed by atoms with Gasteiger partial charge >= 0.3 is 0 Å². The Bertz CT molecular complexity index is 359. The van der Waals surface area contributed by atoms with Gasteiger partial charge in [-0.3, -0.25) is 4.79 Å². The highest BCUT2D eigenvalue weighted by Crippen LogP contribution is 2.32. The summed E-state index contributed by atoms with van der Waals surface area (Å²) in [4.78, 5) is 10.8. The molecule has 0 bridgehead atoms. The first-order chi connectivity index (χ1) is 7.29. The van der Waals surface area contributed by atoms with Gasteiger partial charge in [-0.05, 0) is 30.5 Å². The number of hydrogen-bond acceptors (Lipinski definition) is 2. The van der Waals surface area contributed by atoms with Crippen LogP contribution in [-0.4, -0.2) is 12.9 Å². The molecule has 0 atom stereocenters. The Kier molecular flexibility index (Phi) is 3.27. The first-order valence-electron chi connectivity index (χ1n) is 5.17. The molecule has 0 saturated heterocycles. The van der Waals surface area contributed by atoms with E-state index in [1.54, 1.807) is 18.2 Å². The first-order valence-corrected chi connectivity index (χ1v) is 5.55. The van der Waals surface area contributed by atoms with Crippen LogP contribution in [0.3, 0.4) is 0 Å². The average molecular weight is 225 g/mol. The van der Waals surface area contributed by atoms with Gasteiger partial charge in [-0.1, -0.05) is 24.4 Å². The van der Waals surface area contributed by atoms with E-state index < -0.39 is 0 Å². The molecule has 1 saturated carbocycles. The third-order valence-corrected chi connectivity index (χ3v) is 2.81. The van der Waals surface area contributed by atoms with Gasteiger partial charge in [0, 0.05) is 5.02 Å². The molecule has 0 heterocycles. The zero-order chi connectivity index (χ0) is 10.7. The highest BCUT2D eigenvalue weighted by Gasteiger charge is 2.20. The van der Waals surface area contributed by atoms with E-state index in [0.29, 0.717) is 22.9 Å². The minimum atomic E-state index is 0.526. The SMILES string of the molecule is O=Cc1cc(Cl)ccc1OCCC1CC1. The predicted octanol–water partition coefficient (Wildman–Crippen LogP) is 3.33. The lowest BCUT2D eigenvalue weighted by Crippen LogP contribution is -2.00. The van der Waals surface area contributed by atoms with Crippen LogP contribution in [-0.2, 0) is 0 Å².